The molecule has 0 aliphatic carbocycles. The van der Waals surface area contributed by atoms with Crippen molar-refractivity contribution in [3.8, 4) is 5.75 Å². The molecule has 0 amide bonds. The molecule has 2 N–H and O–H groups in total. The second-order valence-electron chi connectivity index (χ2n) is 5.86. The fraction of sp³-hybridized carbons (Fsp3) is 0.176. The van der Waals surface area contributed by atoms with Crippen LogP contribution in [0.3, 0.4) is 0 Å². The molecule has 3 heterocycles. The van der Waals surface area contributed by atoms with Crippen LogP contribution in [0.1, 0.15) is 5.69 Å². The van der Waals surface area contributed by atoms with E-state index < -0.39 is 15.8 Å². The van der Waals surface area contributed by atoms with Crippen molar-refractivity contribution in [2.75, 3.05) is 13.7 Å². The Kier molecular flexibility index (Phi) is 4.21. The van der Waals surface area contributed by atoms with Crippen molar-refractivity contribution < 1.29 is 17.6 Å². The van der Waals surface area contributed by atoms with Gasteiger partial charge in [-0.2, -0.15) is 0 Å². The molecule has 3 aromatic heterocycles. The summed E-state index contributed by atoms with van der Waals surface area (Å²) in [5.74, 6) is 0.0143. The van der Waals surface area contributed by atoms with Crippen molar-refractivity contribution >= 4 is 26.8 Å². The number of H-pyrrole nitrogens is 1. The third kappa shape index (κ3) is 3.32. The van der Waals surface area contributed by atoms with Crippen molar-refractivity contribution in [3.05, 3.63) is 59.0 Å². The molecule has 0 spiro atoms. The Morgan fingerprint density at radius 3 is 3.00 bits per heavy atom. The largest absolute Gasteiger partial charge is 0.493 e. The molecular weight excluding hydrogens is 372 g/mol. The summed E-state index contributed by atoms with van der Waals surface area (Å²) in [5, 5.41) is 0. The number of aromatic amines is 1. The van der Waals surface area contributed by atoms with Gasteiger partial charge in [0.2, 0.25) is 10.0 Å². The lowest BCUT2D eigenvalue weighted by atomic mass is 10.3. The molecule has 0 saturated carbocycles. The van der Waals surface area contributed by atoms with Gasteiger partial charge in [0.1, 0.15) is 0 Å². The second kappa shape index (κ2) is 6.56. The first-order valence-electron chi connectivity index (χ1n) is 8.09. The molecule has 0 saturated heterocycles. The van der Waals surface area contributed by atoms with E-state index in [1.54, 1.807) is 7.11 Å². The first-order chi connectivity index (χ1) is 13.0. The van der Waals surface area contributed by atoms with Crippen LogP contribution in [0.2, 0.25) is 0 Å². The predicted octanol–water partition coefficient (Wildman–Crippen LogP) is 1.30. The number of ether oxygens (including phenoxy) is 1. The van der Waals surface area contributed by atoms with Gasteiger partial charge >= 0.3 is 5.76 Å². The third-order valence-corrected chi connectivity index (χ3v) is 5.55. The van der Waals surface area contributed by atoms with Crippen LogP contribution >= 0.6 is 0 Å². The zero-order valence-corrected chi connectivity index (χ0v) is 15.1. The summed E-state index contributed by atoms with van der Waals surface area (Å²) in [6.07, 6.45) is 4.08. The molecule has 4 aromatic rings. The topological polar surface area (TPSA) is 119 Å². The van der Waals surface area contributed by atoms with E-state index in [4.69, 9.17) is 9.15 Å². The molecule has 0 unspecified atom stereocenters. The molecule has 27 heavy (non-hydrogen) atoms. The summed E-state index contributed by atoms with van der Waals surface area (Å²) in [6, 6.07) is 7.86. The molecule has 1 aromatic carbocycles. The van der Waals surface area contributed by atoms with Gasteiger partial charge < -0.3 is 13.6 Å². The van der Waals surface area contributed by atoms with Crippen LogP contribution in [0, 0.1) is 0 Å². The standard InChI is InChI=1S/C17H16N4O5S/c1-25-14-3-2-8-21-10-11(19-16(14)21)6-7-18-27(23,24)12-4-5-13-15(9-12)26-17(22)20-13/h2-5,8-10,18H,6-7H2,1H3,(H,20,22). The summed E-state index contributed by atoms with van der Waals surface area (Å²) in [4.78, 5) is 18.2. The van der Waals surface area contributed by atoms with Crippen LogP contribution < -0.4 is 15.2 Å². The van der Waals surface area contributed by atoms with Gasteiger partial charge in [0.25, 0.3) is 0 Å². The van der Waals surface area contributed by atoms with Crippen molar-refractivity contribution in [3.63, 3.8) is 0 Å². The number of benzene rings is 1. The summed E-state index contributed by atoms with van der Waals surface area (Å²) in [5.41, 5.74) is 2.04. The molecule has 0 bridgehead atoms. The van der Waals surface area contributed by atoms with Gasteiger partial charge in [-0.05, 0) is 24.3 Å². The minimum absolute atomic E-state index is 0.0226. The van der Waals surface area contributed by atoms with E-state index in [2.05, 4.69) is 14.7 Å². The number of nitrogens with zero attached hydrogens (tertiary/aromatic N) is 2. The number of hydrogen-bond acceptors (Lipinski definition) is 6. The maximum Gasteiger partial charge on any atom is 0.417 e. The Morgan fingerprint density at radius 2 is 2.19 bits per heavy atom. The second-order valence-corrected chi connectivity index (χ2v) is 7.63. The molecule has 9 nitrogen and oxygen atoms in total. The summed E-state index contributed by atoms with van der Waals surface area (Å²) in [6.45, 7) is 0.170. The van der Waals surface area contributed by atoms with E-state index in [0.717, 1.165) is 5.69 Å². The van der Waals surface area contributed by atoms with E-state index in [0.29, 0.717) is 23.3 Å². The first kappa shape index (κ1) is 17.3. The lowest BCUT2D eigenvalue weighted by Crippen LogP contribution is -2.26. The number of hydrogen-bond donors (Lipinski definition) is 2. The number of rotatable bonds is 6. The smallest absolute Gasteiger partial charge is 0.417 e. The molecule has 10 heteroatoms. The molecule has 0 aliphatic heterocycles. The number of methoxy groups -OCH3 is 1. The third-order valence-electron chi connectivity index (χ3n) is 4.09. The lowest BCUT2D eigenvalue weighted by molar-refractivity contribution is 0.417. The number of imidazole rings is 1. The number of aromatic nitrogens is 3. The summed E-state index contributed by atoms with van der Waals surface area (Å²) < 4.78 is 39.4. The average Bonchev–Trinajstić information content (AvgIpc) is 3.22. The summed E-state index contributed by atoms with van der Waals surface area (Å²) in [7, 11) is -2.17. The van der Waals surface area contributed by atoms with Crippen molar-refractivity contribution in [2.24, 2.45) is 0 Å². The van der Waals surface area contributed by atoms with Crippen LogP contribution in [0.25, 0.3) is 16.7 Å². The number of sulfonamides is 1. The number of pyridine rings is 1. The summed E-state index contributed by atoms with van der Waals surface area (Å²) >= 11 is 0. The van der Waals surface area contributed by atoms with Crippen LogP contribution in [-0.4, -0.2) is 36.4 Å². The zero-order valence-electron chi connectivity index (χ0n) is 14.3. The minimum Gasteiger partial charge on any atom is -0.493 e. The highest BCUT2D eigenvalue weighted by Gasteiger charge is 2.16. The van der Waals surface area contributed by atoms with Crippen molar-refractivity contribution in [1.29, 1.82) is 0 Å². The van der Waals surface area contributed by atoms with Gasteiger partial charge in [0, 0.05) is 31.4 Å². The van der Waals surface area contributed by atoms with E-state index in [-0.39, 0.29) is 17.0 Å². The monoisotopic (exact) mass is 388 g/mol. The molecule has 0 atom stereocenters. The van der Waals surface area contributed by atoms with Gasteiger partial charge in [0.15, 0.2) is 17.0 Å². The van der Waals surface area contributed by atoms with Crippen molar-refractivity contribution in [2.45, 2.75) is 11.3 Å². The minimum atomic E-state index is -3.74. The number of oxazole rings is 1. The Labute approximate surface area is 153 Å². The van der Waals surface area contributed by atoms with Gasteiger partial charge in [-0.3, -0.25) is 4.98 Å². The number of fused-ring (bicyclic) bond motifs is 2. The van der Waals surface area contributed by atoms with E-state index in [1.807, 2.05) is 28.9 Å². The maximum atomic E-state index is 12.5. The highest BCUT2D eigenvalue weighted by molar-refractivity contribution is 7.89. The van der Waals surface area contributed by atoms with Crippen LogP contribution in [0.5, 0.6) is 5.75 Å². The van der Waals surface area contributed by atoms with E-state index >= 15 is 0 Å². The van der Waals surface area contributed by atoms with Gasteiger partial charge in [-0.1, -0.05) is 0 Å². The predicted molar refractivity (Wildman–Crippen MR) is 97.5 cm³/mol. The quantitative estimate of drug-likeness (QED) is 0.514. The molecule has 0 aliphatic rings. The van der Waals surface area contributed by atoms with Crippen LogP contribution in [0.4, 0.5) is 0 Å². The fourth-order valence-corrected chi connectivity index (χ4v) is 3.85. The van der Waals surface area contributed by atoms with Gasteiger partial charge in [-0.25, -0.2) is 22.9 Å². The zero-order chi connectivity index (χ0) is 19.0. The molecule has 140 valence electrons. The maximum absolute atomic E-state index is 12.5. The van der Waals surface area contributed by atoms with Gasteiger partial charge in [0.05, 0.1) is 23.2 Å². The Bertz CT molecular complexity index is 1290. The molecule has 4 rings (SSSR count). The van der Waals surface area contributed by atoms with E-state index in [9.17, 15) is 13.2 Å². The Balaban J connectivity index is 1.49. The lowest BCUT2D eigenvalue weighted by Gasteiger charge is -2.05. The van der Waals surface area contributed by atoms with Gasteiger partial charge in [-0.15, -0.1) is 0 Å². The molecule has 0 fully saturated rings. The Hall–Kier alpha value is -3.11. The molecule has 0 radical (unpaired) electrons. The first-order valence-corrected chi connectivity index (χ1v) is 9.58. The highest BCUT2D eigenvalue weighted by atomic mass is 32.2. The van der Waals surface area contributed by atoms with Crippen molar-refractivity contribution in [1.82, 2.24) is 19.1 Å². The average molecular weight is 388 g/mol. The highest BCUT2D eigenvalue weighted by Crippen LogP contribution is 2.19. The van der Waals surface area contributed by atoms with E-state index in [1.165, 1.54) is 18.2 Å². The van der Waals surface area contributed by atoms with Crippen LogP contribution in [0.15, 0.2) is 56.8 Å². The SMILES string of the molecule is COc1cccn2cc(CCNS(=O)(=O)c3ccc4[nH]c(=O)oc4c3)nc12. The van der Waals surface area contributed by atoms with Crippen LogP contribution in [-0.2, 0) is 16.4 Å². The normalized spacial score (nSPS) is 12.0. The molecular formula is C17H16N4O5S. The fourth-order valence-electron chi connectivity index (χ4n) is 2.81. The number of nitrogens with one attached hydrogen (secondary N) is 2. The Morgan fingerprint density at radius 1 is 1.33 bits per heavy atom.